The van der Waals surface area contributed by atoms with Gasteiger partial charge in [0.1, 0.15) is 49.4 Å². The molecule has 4 aromatic rings. The molecular formula is C43H45N3O5. The summed E-state index contributed by atoms with van der Waals surface area (Å²) >= 11 is 0. The van der Waals surface area contributed by atoms with Crippen LogP contribution >= 0.6 is 0 Å². The number of benzene rings is 4. The van der Waals surface area contributed by atoms with E-state index in [1.165, 1.54) is 0 Å². The first-order valence-electron chi connectivity index (χ1n) is 17.2. The van der Waals surface area contributed by atoms with Crippen molar-refractivity contribution in [2.24, 2.45) is 17.0 Å². The molecule has 8 heteroatoms. The Morgan fingerprint density at radius 2 is 0.686 bits per heavy atom. The zero-order chi connectivity index (χ0) is 35.6. The van der Waals surface area contributed by atoms with E-state index in [2.05, 4.69) is 90.6 Å². The first-order valence-corrected chi connectivity index (χ1v) is 17.2. The normalized spacial score (nSPS) is 22.2. The molecule has 4 atom stereocenters. The fourth-order valence-corrected chi connectivity index (χ4v) is 7.15. The summed E-state index contributed by atoms with van der Waals surface area (Å²) in [6, 6.07) is 31.5. The Bertz CT molecular complexity index is 1550. The summed E-state index contributed by atoms with van der Waals surface area (Å²) in [5, 5.41) is 23.3. The van der Waals surface area contributed by atoms with Gasteiger partial charge in [-0.2, -0.15) is 0 Å². The van der Waals surface area contributed by atoms with Crippen LogP contribution < -0.4 is 29.6 Å². The maximum absolute atomic E-state index is 11.0. The SMILES string of the molecule is C=CCOc1ccc(C2NC(c3ccc(OCC=C)cc3)C3C(=NO)C2C(c2ccc(OCC=C)cc2)NC3c2ccc(OCC=C)cc2)cc1. The minimum Gasteiger partial charge on any atom is -0.490 e. The molecule has 2 aliphatic rings. The quantitative estimate of drug-likeness (QED) is 0.0620. The van der Waals surface area contributed by atoms with Crippen molar-refractivity contribution in [1.29, 1.82) is 0 Å². The Labute approximate surface area is 300 Å². The zero-order valence-electron chi connectivity index (χ0n) is 28.7. The van der Waals surface area contributed by atoms with E-state index in [0.29, 0.717) is 26.4 Å². The van der Waals surface area contributed by atoms with Gasteiger partial charge in [0.25, 0.3) is 0 Å². The van der Waals surface area contributed by atoms with Crippen LogP contribution in [-0.4, -0.2) is 37.3 Å². The summed E-state index contributed by atoms with van der Waals surface area (Å²) in [7, 11) is 0. The standard InChI is InChI=1S/C43H45N3O5/c1-5-25-48-33-17-9-29(10-18-33)39-37-40(30-11-19-34(20-12-30)49-26-6-2)45-42(32-15-23-36(24-16-32)51-28-8-4)38(43(37)46-47)41(44-39)31-13-21-35(22-14-31)50-27-7-3/h5-24,37-42,44-45,47H,1-4,25-28H2. The number of rotatable bonds is 16. The molecule has 0 aliphatic carbocycles. The van der Waals surface area contributed by atoms with Crippen molar-refractivity contribution in [3.05, 3.63) is 170 Å². The Balaban J connectivity index is 1.46. The molecule has 51 heavy (non-hydrogen) atoms. The molecule has 2 bridgehead atoms. The summed E-state index contributed by atoms with van der Waals surface area (Å²) < 4.78 is 23.2. The van der Waals surface area contributed by atoms with Gasteiger partial charge in [-0.1, -0.05) is 104 Å². The number of hydrogen-bond acceptors (Lipinski definition) is 8. The average Bonchev–Trinajstić information content (AvgIpc) is 3.18. The second kappa shape index (κ2) is 16.9. The predicted octanol–water partition coefficient (Wildman–Crippen LogP) is 8.48. The van der Waals surface area contributed by atoms with Gasteiger partial charge in [-0.05, 0) is 70.8 Å². The van der Waals surface area contributed by atoms with E-state index in [1.54, 1.807) is 24.3 Å². The third-order valence-corrected chi connectivity index (χ3v) is 9.38. The highest BCUT2D eigenvalue weighted by molar-refractivity contribution is 5.93. The molecule has 262 valence electrons. The van der Waals surface area contributed by atoms with Gasteiger partial charge in [0, 0.05) is 36.0 Å². The van der Waals surface area contributed by atoms with E-state index in [-0.39, 0.29) is 36.0 Å². The van der Waals surface area contributed by atoms with Crippen molar-refractivity contribution in [2.75, 3.05) is 26.4 Å². The average molecular weight is 684 g/mol. The Morgan fingerprint density at radius 1 is 0.451 bits per heavy atom. The van der Waals surface area contributed by atoms with E-state index in [9.17, 15) is 5.21 Å². The number of nitrogens with zero attached hydrogens (tertiary/aromatic N) is 1. The van der Waals surface area contributed by atoms with Crippen molar-refractivity contribution >= 4 is 5.71 Å². The second-order valence-electron chi connectivity index (χ2n) is 12.5. The molecule has 0 amide bonds. The first kappa shape index (κ1) is 35.3. The lowest BCUT2D eigenvalue weighted by molar-refractivity contribution is 0.149. The molecule has 3 N–H and O–H groups in total. The first-order chi connectivity index (χ1) is 25.1. The lowest BCUT2D eigenvalue weighted by atomic mass is 9.63. The van der Waals surface area contributed by atoms with Gasteiger partial charge < -0.3 is 34.8 Å². The molecule has 4 unspecified atom stereocenters. The van der Waals surface area contributed by atoms with Gasteiger partial charge in [-0.3, -0.25) is 0 Å². The highest BCUT2D eigenvalue weighted by atomic mass is 16.5. The molecule has 4 aromatic carbocycles. The monoisotopic (exact) mass is 683 g/mol. The number of oxime groups is 1. The largest absolute Gasteiger partial charge is 0.490 e. The summed E-state index contributed by atoms with van der Waals surface area (Å²) in [4.78, 5) is 0. The van der Waals surface area contributed by atoms with Crippen molar-refractivity contribution in [3.63, 3.8) is 0 Å². The van der Waals surface area contributed by atoms with Gasteiger partial charge in [-0.15, -0.1) is 0 Å². The van der Waals surface area contributed by atoms with Gasteiger partial charge in [0.2, 0.25) is 0 Å². The molecule has 0 aromatic heterocycles. The summed E-state index contributed by atoms with van der Waals surface area (Å²) in [5.74, 6) is 2.51. The maximum Gasteiger partial charge on any atom is 0.119 e. The Hall–Kier alpha value is -5.57. The molecule has 0 spiro atoms. The summed E-state index contributed by atoms with van der Waals surface area (Å²) in [6.45, 7) is 16.7. The minimum atomic E-state index is -0.252. The van der Waals surface area contributed by atoms with E-state index in [4.69, 9.17) is 18.9 Å². The molecular weight excluding hydrogens is 638 g/mol. The second-order valence-corrected chi connectivity index (χ2v) is 12.5. The van der Waals surface area contributed by atoms with Crippen LogP contribution in [0.25, 0.3) is 0 Å². The van der Waals surface area contributed by atoms with E-state index in [0.717, 1.165) is 51.0 Å². The van der Waals surface area contributed by atoms with Gasteiger partial charge >= 0.3 is 0 Å². The minimum absolute atomic E-state index is 0.230. The van der Waals surface area contributed by atoms with Crippen LogP contribution in [0.2, 0.25) is 0 Å². The third kappa shape index (κ3) is 7.93. The van der Waals surface area contributed by atoms with E-state index in [1.807, 2.05) is 48.5 Å². The Morgan fingerprint density at radius 3 is 0.882 bits per heavy atom. The van der Waals surface area contributed by atoms with Gasteiger partial charge in [0.05, 0.1) is 5.71 Å². The van der Waals surface area contributed by atoms with Crippen LogP contribution in [0.1, 0.15) is 46.4 Å². The lowest BCUT2D eigenvalue weighted by Gasteiger charge is -2.54. The molecule has 0 saturated carbocycles. The highest BCUT2D eigenvalue weighted by Crippen LogP contribution is 2.53. The molecule has 2 aliphatic heterocycles. The third-order valence-electron chi connectivity index (χ3n) is 9.38. The molecule has 8 nitrogen and oxygen atoms in total. The number of ether oxygens (including phenoxy) is 4. The summed E-state index contributed by atoms with van der Waals surface area (Å²) in [5.41, 5.74) is 4.89. The van der Waals surface area contributed by atoms with Crippen LogP contribution in [0.5, 0.6) is 23.0 Å². The van der Waals surface area contributed by atoms with Crippen molar-refractivity contribution in [1.82, 2.24) is 10.6 Å². The topological polar surface area (TPSA) is 93.6 Å². The molecule has 6 rings (SSSR count). The van der Waals surface area contributed by atoms with Crippen LogP contribution in [0.4, 0.5) is 0 Å². The fraction of sp³-hybridized carbons (Fsp3) is 0.233. The zero-order valence-corrected chi connectivity index (χ0v) is 28.7. The van der Waals surface area contributed by atoms with Crippen LogP contribution in [0, 0.1) is 11.8 Å². The number of nitrogens with one attached hydrogen (secondary N) is 2. The van der Waals surface area contributed by atoms with Gasteiger partial charge in [0.15, 0.2) is 0 Å². The van der Waals surface area contributed by atoms with Crippen LogP contribution in [0.15, 0.2) is 153 Å². The summed E-state index contributed by atoms with van der Waals surface area (Å²) in [6.07, 6.45) is 6.90. The smallest absolute Gasteiger partial charge is 0.119 e. The number of hydrogen-bond donors (Lipinski definition) is 3. The fourth-order valence-electron chi connectivity index (χ4n) is 7.15. The molecule has 2 heterocycles. The van der Waals surface area contributed by atoms with Crippen molar-refractivity contribution in [3.8, 4) is 23.0 Å². The lowest BCUT2D eigenvalue weighted by Crippen LogP contribution is -2.60. The van der Waals surface area contributed by atoms with Crippen LogP contribution in [-0.2, 0) is 0 Å². The molecule has 2 saturated heterocycles. The van der Waals surface area contributed by atoms with E-state index >= 15 is 0 Å². The predicted molar refractivity (Wildman–Crippen MR) is 202 cm³/mol. The van der Waals surface area contributed by atoms with Crippen LogP contribution in [0.3, 0.4) is 0 Å². The Kier molecular flexibility index (Phi) is 11.7. The number of fused-ring (bicyclic) bond motifs is 2. The van der Waals surface area contributed by atoms with Crippen molar-refractivity contribution < 1.29 is 24.2 Å². The van der Waals surface area contributed by atoms with Crippen molar-refractivity contribution in [2.45, 2.75) is 24.2 Å². The number of piperidine rings is 2. The maximum atomic E-state index is 11.0. The highest BCUT2D eigenvalue weighted by Gasteiger charge is 2.54. The van der Waals surface area contributed by atoms with E-state index < -0.39 is 0 Å². The molecule has 2 fully saturated rings. The molecule has 0 radical (unpaired) electrons. The van der Waals surface area contributed by atoms with Gasteiger partial charge in [-0.25, -0.2) is 0 Å².